The molecule has 0 aliphatic carbocycles. The highest BCUT2D eigenvalue weighted by Crippen LogP contribution is 2.36. The first kappa shape index (κ1) is 12.0. The number of nitro groups is 1. The van der Waals surface area contributed by atoms with Crippen LogP contribution in [0.1, 0.15) is 9.67 Å². The number of hydrogen-bond acceptors (Lipinski definition) is 5. The molecule has 0 saturated heterocycles. The minimum atomic E-state index is -0.489. The van der Waals surface area contributed by atoms with Crippen LogP contribution in [0.4, 0.5) is 5.69 Å². The zero-order valence-electron chi connectivity index (χ0n) is 8.60. The van der Waals surface area contributed by atoms with Gasteiger partial charge in [-0.3, -0.25) is 10.1 Å². The molecule has 0 N–H and O–H groups in total. The fourth-order valence-electron chi connectivity index (χ4n) is 1.44. The van der Waals surface area contributed by atoms with E-state index in [0.717, 1.165) is 11.3 Å². The maximum atomic E-state index is 11.4. The molecule has 0 aliphatic heterocycles. The van der Waals surface area contributed by atoms with Gasteiger partial charge in [0.25, 0.3) is 5.69 Å². The lowest BCUT2D eigenvalue weighted by Gasteiger charge is -1.94. The highest BCUT2D eigenvalue weighted by atomic mass is 79.9. The number of benzene rings is 1. The van der Waals surface area contributed by atoms with Crippen molar-refractivity contribution in [3.63, 3.8) is 0 Å². The van der Waals surface area contributed by atoms with Gasteiger partial charge >= 0.3 is 5.97 Å². The van der Waals surface area contributed by atoms with Crippen LogP contribution in [-0.4, -0.2) is 18.0 Å². The maximum absolute atomic E-state index is 11.4. The molecule has 0 aliphatic rings. The number of thiophene rings is 1. The molecule has 7 heteroatoms. The number of esters is 1. The van der Waals surface area contributed by atoms with E-state index in [1.807, 2.05) is 0 Å². The van der Waals surface area contributed by atoms with Crippen molar-refractivity contribution in [2.75, 3.05) is 7.11 Å². The first-order valence-corrected chi connectivity index (χ1v) is 6.09. The molecule has 1 aromatic heterocycles. The summed E-state index contributed by atoms with van der Waals surface area (Å²) in [5.74, 6) is -0.489. The standard InChI is InChI=1S/C10H6BrNO4S/c1-16-10(13)8-3-5-2-6(11)4-7(12(14)15)9(5)17-8/h2-4H,1H3. The number of nitro benzene ring substituents is 1. The van der Waals surface area contributed by atoms with Crippen molar-refractivity contribution < 1.29 is 14.5 Å². The minimum Gasteiger partial charge on any atom is -0.465 e. The summed E-state index contributed by atoms with van der Waals surface area (Å²) in [6.07, 6.45) is 0. The van der Waals surface area contributed by atoms with E-state index in [1.165, 1.54) is 13.2 Å². The Kier molecular flexibility index (Phi) is 3.12. The lowest BCUT2D eigenvalue weighted by atomic mass is 10.2. The van der Waals surface area contributed by atoms with Gasteiger partial charge in [-0.2, -0.15) is 0 Å². The molecule has 1 aromatic carbocycles. The fraction of sp³-hybridized carbons (Fsp3) is 0.100. The van der Waals surface area contributed by atoms with Crippen molar-refractivity contribution in [2.45, 2.75) is 0 Å². The van der Waals surface area contributed by atoms with Crippen molar-refractivity contribution in [2.24, 2.45) is 0 Å². The zero-order chi connectivity index (χ0) is 12.6. The smallest absolute Gasteiger partial charge is 0.348 e. The van der Waals surface area contributed by atoms with Gasteiger partial charge in [-0.1, -0.05) is 15.9 Å². The molecule has 2 aromatic rings. The van der Waals surface area contributed by atoms with E-state index in [0.29, 0.717) is 19.4 Å². The van der Waals surface area contributed by atoms with Crippen LogP contribution in [0.5, 0.6) is 0 Å². The summed E-state index contributed by atoms with van der Waals surface area (Å²) in [4.78, 5) is 22.1. The summed E-state index contributed by atoms with van der Waals surface area (Å²) in [6, 6.07) is 4.73. The first-order valence-electron chi connectivity index (χ1n) is 4.48. The molecule has 0 fully saturated rings. The predicted molar refractivity (Wildman–Crippen MR) is 67.5 cm³/mol. The number of nitrogens with zero attached hydrogens (tertiary/aromatic N) is 1. The van der Waals surface area contributed by atoms with Crippen LogP contribution in [-0.2, 0) is 4.74 Å². The largest absolute Gasteiger partial charge is 0.465 e. The normalized spacial score (nSPS) is 10.5. The molecule has 1 heterocycles. The molecule has 0 bridgehead atoms. The van der Waals surface area contributed by atoms with Gasteiger partial charge in [-0.15, -0.1) is 11.3 Å². The van der Waals surface area contributed by atoms with E-state index in [4.69, 9.17) is 0 Å². The van der Waals surface area contributed by atoms with Crippen molar-refractivity contribution in [3.8, 4) is 0 Å². The monoisotopic (exact) mass is 315 g/mol. The quantitative estimate of drug-likeness (QED) is 0.484. The van der Waals surface area contributed by atoms with Crippen LogP contribution in [0.3, 0.4) is 0 Å². The third-order valence-corrected chi connectivity index (χ3v) is 3.76. The molecule has 0 spiro atoms. The van der Waals surface area contributed by atoms with Crippen molar-refractivity contribution in [3.05, 3.63) is 37.7 Å². The summed E-state index contributed by atoms with van der Waals surface area (Å²) >= 11 is 4.26. The number of carbonyl (C=O) groups excluding carboxylic acids is 1. The van der Waals surface area contributed by atoms with E-state index >= 15 is 0 Å². The van der Waals surface area contributed by atoms with Gasteiger partial charge in [-0.25, -0.2) is 4.79 Å². The highest BCUT2D eigenvalue weighted by Gasteiger charge is 2.19. The Morgan fingerprint density at radius 3 is 2.76 bits per heavy atom. The van der Waals surface area contributed by atoms with Gasteiger partial charge < -0.3 is 4.74 Å². The lowest BCUT2D eigenvalue weighted by Crippen LogP contribution is -1.96. The number of ether oxygens (including phenoxy) is 1. The molecule has 2 rings (SSSR count). The van der Waals surface area contributed by atoms with Gasteiger partial charge in [0, 0.05) is 15.9 Å². The summed E-state index contributed by atoms with van der Waals surface area (Å²) in [5, 5.41) is 11.5. The van der Waals surface area contributed by atoms with E-state index in [2.05, 4.69) is 20.7 Å². The van der Waals surface area contributed by atoms with Gasteiger partial charge in [-0.05, 0) is 12.1 Å². The molecular formula is C10H6BrNO4S. The Morgan fingerprint density at radius 2 is 2.18 bits per heavy atom. The number of fused-ring (bicyclic) bond motifs is 1. The molecule has 0 unspecified atom stereocenters. The second kappa shape index (κ2) is 4.42. The molecule has 88 valence electrons. The van der Waals surface area contributed by atoms with Gasteiger partial charge in [0.2, 0.25) is 0 Å². The SMILES string of the molecule is COC(=O)c1cc2cc(Br)cc([N+](=O)[O-])c2s1. The Hall–Kier alpha value is -1.47. The molecule has 0 radical (unpaired) electrons. The van der Waals surface area contributed by atoms with Crippen molar-refractivity contribution in [1.82, 2.24) is 0 Å². The van der Waals surface area contributed by atoms with Crippen LogP contribution < -0.4 is 0 Å². The Morgan fingerprint density at radius 1 is 1.47 bits per heavy atom. The van der Waals surface area contributed by atoms with Crippen LogP contribution in [0.25, 0.3) is 10.1 Å². The molecular weight excluding hydrogens is 310 g/mol. The summed E-state index contributed by atoms with van der Waals surface area (Å²) in [6.45, 7) is 0. The third-order valence-electron chi connectivity index (χ3n) is 2.14. The van der Waals surface area contributed by atoms with E-state index in [-0.39, 0.29) is 5.69 Å². The van der Waals surface area contributed by atoms with Crippen molar-refractivity contribution in [1.29, 1.82) is 0 Å². The van der Waals surface area contributed by atoms with Gasteiger partial charge in [0.1, 0.15) is 9.58 Å². The van der Waals surface area contributed by atoms with E-state index in [1.54, 1.807) is 12.1 Å². The van der Waals surface area contributed by atoms with Gasteiger partial charge in [0.15, 0.2) is 0 Å². The number of halogens is 1. The number of methoxy groups -OCH3 is 1. The minimum absolute atomic E-state index is 0.0190. The predicted octanol–water partition coefficient (Wildman–Crippen LogP) is 3.36. The second-order valence-corrected chi connectivity index (χ2v) is 5.17. The Labute approximate surface area is 108 Å². The van der Waals surface area contributed by atoms with E-state index < -0.39 is 10.9 Å². The molecule has 5 nitrogen and oxygen atoms in total. The maximum Gasteiger partial charge on any atom is 0.348 e. The highest BCUT2D eigenvalue weighted by molar-refractivity contribution is 9.10. The lowest BCUT2D eigenvalue weighted by molar-refractivity contribution is -0.382. The van der Waals surface area contributed by atoms with Crippen LogP contribution in [0.2, 0.25) is 0 Å². The zero-order valence-corrected chi connectivity index (χ0v) is 11.0. The molecule has 0 saturated carbocycles. The fourth-order valence-corrected chi connectivity index (χ4v) is 2.95. The van der Waals surface area contributed by atoms with Crippen LogP contribution in [0.15, 0.2) is 22.7 Å². The number of carbonyl (C=O) groups is 1. The second-order valence-electron chi connectivity index (χ2n) is 3.20. The Balaban J connectivity index is 2.71. The number of non-ortho nitro benzene ring substituents is 1. The van der Waals surface area contributed by atoms with Gasteiger partial charge in [0.05, 0.1) is 12.0 Å². The molecule has 0 atom stereocenters. The number of rotatable bonds is 2. The van der Waals surface area contributed by atoms with E-state index in [9.17, 15) is 14.9 Å². The van der Waals surface area contributed by atoms with Crippen LogP contribution >= 0.6 is 27.3 Å². The molecule has 0 amide bonds. The van der Waals surface area contributed by atoms with Crippen molar-refractivity contribution >= 4 is 49.0 Å². The summed E-state index contributed by atoms with van der Waals surface area (Å²) in [7, 11) is 1.27. The van der Waals surface area contributed by atoms with Crippen LogP contribution in [0, 0.1) is 10.1 Å². The summed E-state index contributed by atoms with van der Waals surface area (Å²) < 4.78 is 5.66. The average Bonchev–Trinajstić information content (AvgIpc) is 2.69. The Bertz CT molecular complexity index is 622. The third kappa shape index (κ3) is 2.16. The summed E-state index contributed by atoms with van der Waals surface area (Å²) in [5.41, 5.74) is -0.0190. The first-order chi connectivity index (χ1) is 8.02. The molecule has 17 heavy (non-hydrogen) atoms. The average molecular weight is 316 g/mol. The number of hydrogen-bond donors (Lipinski definition) is 0. The topological polar surface area (TPSA) is 69.4 Å².